The van der Waals surface area contributed by atoms with Gasteiger partial charge in [-0.15, -0.1) is 0 Å². The summed E-state index contributed by atoms with van der Waals surface area (Å²) >= 11 is 0. The monoisotopic (exact) mass is 259 g/mol. The third-order valence-corrected chi connectivity index (χ3v) is 2.70. The lowest BCUT2D eigenvalue weighted by Crippen LogP contribution is -2.12. The number of carbonyl (C=O) groups is 1. The van der Waals surface area contributed by atoms with Crippen LogP contribution in [0.2, 0.25) is 0 Å². The summed E-state index contributed by atoms with van der Waals surface area (Å²) < 4.78 is 17.9. The number of aryl methyl sites for hydroxylation is 1. The van der Waals surface area contributed by atoms with Crippen LogP contribution in [0, 0.1) is 12.7 Å². The topological polar surface area (TPSA) is 70.9 Å². The third-order valence-electron chi connectivity index (χ3n) is 2.70. The van der Waals surface area contributed by atoms with Crippen molar-refractivity contribution in [2.75, 3.05) is 5.32 Å². The van der Waals surface area contributed by atoms with Gasteiger partial charge in [-0.1, -0.05) is 5.16 Å². The molecule has 1 amide bonds. The largest absolute Gasteiger partial charge is 0.360 e. The molecule has 3 aromatic rings. The fourth-order valence-corrected chi connectivity index (χ4v) is 1.83. The molecule has 0 saturated carbocycles. The summed E-state index contributed by atoms with van der Waals surface area (Å²) in [6, 6.07) is 7.56. The Kier molecular flexibility index (Phi) is 2.56. The van der Waals surface area contributed by atoms with Crippen molar-refractivity contribution < 1.29 is 13.7 Å². The summed E-state index contributed by atoms with van der Waals surface area (Å²) in [7, 11) is 0. The maximum Gasteiger partial charge on any atom is 0.273 e. The van der Waals surface area contributed by atoms with Gasteiger partial charge in [0.25, 0.3) is 5.91 Å². The number of hydrogen-bond donors (Lipinski definition) is 2. The number of carbonyl (C=O) groups excluding carboxylic acids is 1. The van der Waals surface area contributed by atoms with Crippen LogP contribution >= 0.6 is 0 Å². The molecule has 0 aliphatic carbocycles. The van der Waals surface area contributed by atoms with E-state index in [9.17, 15) is 9.18 Å². The number of aromatic amines is 1. The molecule has 0 atom stereocenters. The minimum absolute atomic E-state index is 0.334. The molecule has 2 heterocycles. The number of aromatic nitrogens is 2. The van der Waals surface area contributed by atoms with Gasteiger partial charge in [0.1, 0.15) is 17.3 Å². The standard InChI is InChI=1S/C13H10FN3O2/c1-7-4-12(17-19-7)16-13(18)11-5-8-2-3-9(14)6-10(8)15-11/h2-6,15H,1H3,(H,16,17,18). The highest BCUT2D eigenvalue weighted by atomic mass is 19.1. The van der Waals surface area contributed by atoms with Gasteiger partial charge in [-0.2, -0.15) is 0 Å². The lowest BCUT2D eigenvalue weighted by Gasteiger charge is -1.97. The Labute approximate surface area is 107 Å². The first-order chi connectivity index (χ1) is 9.11. The molecule has 0 radical (unpaired) electrons. The molecule has 0 saturated heterocycles. The Bertz CT molecular complexity index is 760. The highest BCUT2D eigenvalue weighted by molar-refractivity contribution is 6.05. The van der Waals surface area contributed by atoms with E-state index in [-0.39, 0.29) is 11.7 Å². The van der Waals surface area contributed by atoms with Gasteiger partial charge in [0.15, 0.2) is 5.82 Å². The van der Waals surface area contributed by atoms with Gasteiger partial charge in [0.05, 0.1) is 0 Å². The molecule has 2 N–H and O–H groups in total. The molecule has 0 aliphatic heterocycles. The first-order valence-electron chi connectivity index (χ1n) is 5.65. The van der Waals surface area contributed by atoms with Crippen LogP contribution in [-0.2, 0) is 0 Å². The summed E-state index contributed by atoms with van der Waals surface area (Å²) in [6.45, 7) is 1.73. The molecule has 0 bridgehead atoms. The highest BCUT2D eigenvalue weighted by Gasteiger charge is 2.12. The van der Waals surface area contributed by atoms with Crippen molar-refractivity contribution in [1.82, 2.24) is 10.1 Å². The van der Waals surface area contributed by atoms with E-state index in [1.165, 1.54) is 12.1 Å². The average molecular weight is 259 g/mol. The van der Waals surface area contributed by atoms with Crippen LogP contribution in [-0.4, -0.2) is 16.0 Å². The molecule has 19 heavy (non-hydrogen) atoms. The minimum Gasteiger partial charge on any atom is -0.360 e. The van der Waals surface area contributed by atoms with Gasteiger partial charge in [-0.25, -0.2) is 4.39 Å². The van der Waals surface area contributed by atoms with Gasteiger partial charge in [-0.3, -0.25) is 4.79 Å². The number of benzene rings is 1. The van der Waals surface area contributed by atoms with E-state index in [4.69, 9.17) is 4.52 Å². The fraction of sp³-hybridized carbons (Fsp3) is 0.0769. The SMILES string of the molecule is Cc1cc(NC(=O)c2cc3ccc(F)cc3[nH]2)no1. The Hall–Kier alpha value is -2.63. The van der Waals surface area contributed by atoms with Crippen molar-refractivity contribution in [3.8, 4) is 0 Å². The van der Waals surface area contributed by atoms with E-state index in [2.05, 4.69) is 15.5 Å². The maximum absolute atomic E-state index is 13.1. The number of nitrogens with zero attached hydrogens (tertiary/aromatic N) is 1. The second-order valence-corrected chi connectivity index (χ2v) is 4.19. The zero-order valence-electron chi connectivity index (χ0n) is 10.0. The fourth-order valence-electron chi connectivity index (χ4n) is 1.83. The molecular weight excluding hydrogens is 249 g/mol. The smallest absolute Gasteiger partial charge is 0.273 e. The Morgan fingerprint density at radius 2 is 2.21 bits per heavy atom. The third kappa shape index (κ3) is 2.20. The number of nitrogens with one attached hydrogen (secondary N) is 2. The predicted molar refractivity (Wildman–Crippen MR) is 67.4 cm³/mol. The van der Waals surface area contributed by atoms with Crippen molar-refractivity contribution in [3.63, 3.8) is 0 Å². The Balaban J connectivity index is 1.89. The lowest BCUT2D eigenvalue weighted by molar-refractivity contribution is 0.102. The highest BCUT2D eigenvalue weighted by Crippen LogP contribution is 2.17. The molecule has 0 spiro atoms. The van der Waals surface area contributed by atoms with Crippen LogP contribution in [0.3, 0.4) is 0 Å². The summed E-state index contributed by atoms with van der Waals surface area (Å²) in [5.74, 6) is 0.236. The van der Waals surface area contributed by atoms with E-state index >= 15 is 0 Å². The number of anilines is 1. The predicted octanol–water partition coefficient (Wildman–Crippen LogP) is 2.86. The summed E-state index contributed by atoms with van der Waals surface area (Å²) in [4.78, 5) is 14.8. The normalized spacial score (nSPS) is 10.8. The van der Waals surface area contributed by atoms with Gasteiger partial charge in [0, 0.05) is 17.0 Å². The molecule has 0 unspecified atom stereocenters. The number of H-pyrrole nitrogens is 1. The molecular formula is C13H10FN3O2. The summed E-state index contributed by atoms with van der Waals surface area (Å²) in [6.07, 6.45) is 0. The Morgan fingerprint density at radius 1 is 1.37 bits per heavy atom. The van der Waals surface area contributed by atoms with Crippen molar-refractivity contribution in [2.45, 2.75) is 6.92 Å². The van der Waals surface area contributed by atoms with Crippen LogP contribution < -0.4 is 5.32 Å². The summed E-state index contributed by atoms with van der Waals surface area (Å²) in [5, 5.41) is 7.02. The van der Waals surface area contributed by atoms with E-state index < -0.39 is 0 Å². The van der Waals surface area contributed by atoms with E-state index in [1.807, 2.05) is 0 Å². The first kappa shape index (κ1) is 11.5. The van der Waals surface area contributed by atoms with Crippen molar-refractivity contribution in [2.24, 2.45) is 0 Å². The zero-order valence-corrected chi connectivity index (χ0v) is 10.0. The number of halogens is 1. The Morgan fingerprint density at radius 3 is 2.95 bits per heavy atom. The molecule has 0 aliphatic rings. The lowest BCUT2D eigenvalue weighted by atomic mass is 10.2. The minimum atomic E-state index is -0.357. The molecule has 96 valence electrons. The summed E-state index contributed by atoms with van der Waals surface area (Å²) in [5.41, 5.74) is 0.905. The van der Waals surface area contributed by atoms with Crippen LogP contribution in [0.15, 0.2) is 34.9 Å². The van der Waals surface area contributed by atoms with Crippen molar-refractivity contribution >= 4 is 22.6 Å². The van der Waals surface area contributed by atoms with Crippen LogP contribution in [0.4, 0.5) is 10.2 Å². The van der Waals surface area contributed by atoms with Crippen LogP contribution in [0.1, 0.15) is 16.2 Å². The maximum atomic E-state index is 13.1. The molecule has 0 fully saturated rings. The van der Waals surface area contributed by atoms with Gasteiger partial charge in [-0.05, 0) is 31.2 Å². The van der Waals surface area contributed by atoms with Gasteiger partial charge < -0.3 is 14.8 Å². The van der Waals surface area contributed by atoms with Crippen molar-refractivity contribution in [1.29, 1.82) is 0 Å². The van der Waals surface area contributed by atoms with Crippen molar-refractivity contribution in [3.05, 3.63) is 47.6 Å². The second kappa shape index (κ2) is 4.24. The second-order valence-electron chi connectivity index (χ2n) is 4.19. The van der Waals surface area contributed by atoms with E-state index in [1.54, 1.807) is 25.1 Å². The van der Waals surface area contributed by atoms with Crippen LogP contribution in [0.25, 0.3) is 10.9 Å². The number of rotatable bonds is 2. The molecule has 3 rings (SSSR count). The molecule has 1 aromatic carbocycles. The number of hydrogen-bond acceptors (Lipinski definition) is 3. The van der Waals surface area contributed by atoms with Gasteiger partial charge >= 0.3 is 0 Å². The molecule has 5 nitrogen and oxygen atoms in total. The van der Waals surface area contributed by atoms with E-state index in [0.717, 1.165) is 5.39 Å². The number of fused-ring (bicyclic) bond motifs is 1. The van der Waals surface area contributed by atoms with Crippen LogP contribution in [0.5, 0.6) is 0 Å². The molecule has 2 aromatic heterocycles. The number of amides is 1. The first-order valence-corrected chi connectivity index (χ1v) is 5.65. The van der Waals surface area contributed by atoms with Gasteiger partial charge in [0.2, 0.25) is 0 Å². The average Bonchev–Trinajstić information content (AvgIpc) is 2.95. The van der Waals surface area contributed by atoms with E-state index in [0.29, 0.717) is 22.8 Å². The quantitative estimate of drug-likeness (QED) is 0.743. The molecule has 6 heteroatoms. The zero-order chi connectivity index (χ0) is 13.4.